The molecule has 3 nitrogen and oxygen atoms in total. The van der Waals surface area contributed by atoms with Crippen LogP contribution in [0.5, 0.6) is 0 Å². The van der Waals surface area contributed by atoms with Crippen molar-refractivity contribution in [2.24, 2.45) is 11.7 Å². The second kappa shape index (κ2) is 5.25. The highest BCUT2D eigenvalue weighted by Gasteiger charge is 2.36. The first-order chi connectivity index (χ1) is 8.33. The van der Waals surface area contributed by atoms with E-state index in [9.17, 15) is 0 Å². The van der Waals surface area contributed by atoms with Crippen molar-refractivity contribution in [3.8, 4) is 0 Å². The first-order valence-electron chi connectivity index (χ1n) is 7.44. The highest BCUT2D eigenvalue weighted by molar-refractivity contribution is 4.90. The van der Waals surface area contributed by atoms with Crippen molar-refractivity contribution >= 4 is 0 Å². The summed E-state index contributed by atoms with van der Waals surface area (Å²) < 4.78 is 5.88. The van der Waals surface area contributed by atoms with Gasteiger partial charge in [0, 0.05) is 25.2 Å². The summed E-state index contributed by atoms with van der Waals surface area (Å²) in [5.74, 6) is 0.897. The molecule has 1 saturated heterocycles. The topological polar surface area (TPSA) is 38.5 Å². The zero-order chi connectivity index (χ0) is 11.7. The van der Waals surface area contributed by atoms with E-state index in [0.29, 0.717) is 12.1 Å². The van der Waals surface area contributed by atoms with E-state index in [2.05, 4.69) is 4.90 Å². The predicted molar refractivity (Wildman–Crippen MR) is 68.9 cm³/mol. The van der Waals surface area contributed by atoms with Gasteiger partial charge in [-0.25, -0.2) is 0 Å². The van der Waals surface area contributed by atoms with Crippen molar-refractivity contribution in [2.45, 2.75) is 63.1 Å². The third kappa shape index (κ3) is 2.67. The van der Waals surface area contributed by atoms with E-state index in [1.165, 1.54) is 51.5 Å². The fourth-order valence-electron chi connectivity index (χ4n) is 3.93. The second-order valence-corrected chi connectivity index (χ2v) is 6.18. The molecule has 3 heteroatoms. The zero-order valence-corrected chi connectivity index (χ0v) is 10.8. The van der Waals surface area contributed by atoms with Crippen molar-refractivity contribution in [1.82, 2.24) is 4.90 Å². The zero-order valence-electron chi connectivity index (χ0n) is 10.8. The molecule has 0 aromatic rings. The average molecular weight is 238 g/mol. The summed E-state index contributed by atoms with van der Waals surface area (Å²) in [7, 11) is 0. The van der Waals surface area contributed by atoms with Gasteiger partial charge in [0.25, 0.3) is 0 Å². The lowest BCUT2D eigenvalue weighted by Crippen LogP contribution is -2.50. The minimum atomic E-state index is 0.482. The Morgan fingerprint density at radius 3 is 2.71 bits per heavy atom. The molecule has 1 aliphatic heterocycles. The van der Waals surface area contributed by atoms with Crippen LogP contribution in [0.4, 0.5) is 0 Å². The molecule has 1 heterocycles. The van der Waals surface area contributed by atoms with Crippen LogP contribution in [-0.4, -0.2) is 42.8 Å². The lowest BCUT2D eigenvalue weighted by molar-refractivity contribution is -0.0617. The van der Waals surface area contributed by atoms with Crippen LogP contribution in [0.1, 0.15) is 44.9 Å². The van der Waals surface area contributed by atoms with Crippen molar-refractivity contribution in [1.29, 1.82) is 0 Å². The average Bonchev–Trinajstić information content (AvgIpc) is 2.81. The maximum Gasteiger partial charge on any atom is 0.0730 e. The Morgan fingerprint density at radius 1 is 1.06 bits per heavy atom. The van der Waals surface area contributed by atoms with Gasteiger partial charge in [-0.2, -0.15) is 0 Å². The van der Waals surface area contributed by atoms with Crippen molar-refractivity contribution in [2.75, 3.05) is 19.7 Å². The van der Waals surface area contributed by atoms with Crippen LogP contribution >= 0.6 is 0 Å². The number of morpholine rings is 1. The van der Waals surface area contributed by atoms with Crippen molar-refractivity contribution < 1.29 is 4.74 Å². The van der Waals surface area contributed by atoms with E-state index in [1.54, 1.807) is 0 Å². The summed E-state index contributed by atoms with van der Waals surface area (Å²) in [5.41, 5.74) is 5.98. The lowest BCUT2D eigenvalue weighted by Gasteiger charge is -2.40. The Morgan fingerprint density at radius 2 is 1.88 bits per heavy atom. The van der Waals surface area contributed by atoms with Crippen LogP contribution in [-0.2, 0) is 4.74 Å². The monoisotopic (exact) mass is 238 g/mol. The van der Waals surface area contributed by atoms with E-state index in [-0.39, 0.29) is 0 Å². The number of rotatable bonds is 2. The summed E-state index contributed by atoms with van der Waals surface area (Å²) in [4.78, 5) is 2.72. The Labute approximate surface area is 105 Å². The minimum absolute atomic E-state index is 0.482. The molecule has 3 rings (SSSR count). The van der Waals surface area contributed by atoms with E-state index in [0.717, 1.165) is 25.1 Å². The van der Waals surface area contributed by atoms with Crippen LogP contribution in [0.25, 0.3) is 0 Å². The molecule has 2 saturated carbocycles. The molecule has 0 aromatic carbocycles. The molecule has 0 radical (unpaired) electrons. The van der Waals surface area contributed by atoms with Gasteiger partial charge >= 0.3 is 0 Å². The molecule has 3 aliphatic rings. The minimum Gasteiger partial charge on any atom is -0.375 e. The van der Waals surface area contributed by atoms with E-state index < -0.39 is 0 Å². The van der Waals surface area contributed by atoms with Crippen LogP contribution < -0.4 is 5.73 Å². The van der Waals surface area contributed by atoms with Crippen LogP contribution in [0.2, 0.25) is 0 Å². The fourth-order valence-corrected chi connectivity index (χ4v) is 3.93. The van der Waals surface area contributed by atoms with Crippen LogP contribution in [0.3, 0.4) is 0 Å². The molecular weight excluding hydrogens is 212 g/mol. The number of nitrogens with zero attached hydrogens (tertiary/aromatic N) is 1. The van der Waals surface area contributed by atoms with Crippen molar-refractivity contribution in [3.63, 3.8) is 0 Å². The molecule has 17 heavy (non-hydrogen) atoms. The molecular formula is C14H26N2O. The van der Waals surface area contributed by atoms with Gasteiger partial charge in [-0.05, 0) is 50.9 Å². The molecule has 0 spiro atoms. The summed E-state index contributed by atoms with van der Waals surface area (Å²) in [5, 5.41) is 0. The van der Waals surface area contributed by atoms with Gasteiger partial charge in [-0.1, -0.05) is 0 Å². The maximum atomic E-state index is 5.98. The first-order valence-corrected chi connectivity index (χ1v) is 7.44. The highest BCUT2D eigenvalue weighted by atomic mass is 16.5. The van der Waals surface area contributed by atoms with Crippen LogP contribution in [0.15, 0.2) is 0 Å². The lowest BCUT2D eigenvalue weighted by atomic mass is 9.85. The third-order valence-corrected chi connectivity index (χ3v) is 4.98. The van der Waals surface area contributed by atoms with Gasteiger partial charge < -0.3 is 10.5 Å². The molecule has 2 unspecified atom stereocenters. The smallest absolute Gasteiger partial charge is 0.0730 e. The third-order valence-electron chi connectivity index (χ3n) is 4.98. The SMILES string of the molecule is NC1CCC(CN2CCOC3CCCC32)CC1. The van der Waals surface area contributed by atoms with Crippen LogP contribution in [0, 0.1) is 5.92 Å². The predicted octanol–water partition coefficient (Wildman–Crippen LogP) is 1.76. The maximum absolute atomic E-state index is 5.98. The van der Waals surface area contributed by atoms with Crippen molar-refractivity contribution in [3.05, 3.63) is 0 Å². The number of ether oxygens (including phenoxy) is 1. The van der Waals surface area contributed by atoms with Gasteiger partial charge in [0.1, 0.15) is 0 Å². The Hall–Kier alpha value is -0.120. The van der Waals surface area contributed by atoms with Gasteiger partial charge in [-0.3, -0.25) is 4.90 Å². The summed E-state index contributed by atoms with van der Waals surface area (Å²) >= 11 is 0. The van der Waals surface area contributed by atoms with E-state index in [1.807, 2.05) is 0 Å². The second-order valence-electron chi connectivity index (χ2n) is 6.18. The summed E-state index contributed by atoms with van der Waals surface area (Å²) in [6.45, 7) is 3.41. The Balaban J connectivity index is 1.53. The molecule has 3 fully saturated rings. The normalized spacial score (nSPS) is 43.6. The highest BCUT2D eigenvalue weighted by Crippen LogP contribution is 2.32. The summed E-state index contributed by atoms with van der Waals surface area (Å²) in [6, 6.07) is 1.22. The Kier molecular flexibility index (Phi) is 3.69. The van der Waals surface area contributed by atoms with Gasteiger partial charge in [0.15, 0.2) is 0 Å². The van der Waals surface area contributed by atoms with Gasteiger partial charge in [0.2, 0.25) is 0 Å². The molecule has 2 N–H and O–H groups in total. The molecule has 0 aromatic heterocycles. The van der Waals surface area contributed by atoms with Gasteiger partial charge in [-0.15, -0.1) is 0 Å². The number of hydrogen-bond donors (Lipinski definition) is 1. The largest absolute Gasteiger partial charge is 0.375 e. The fraction of sp³-hybridized carbons (Fsp3) is 1.00. The molecule has 98 valence electrons. The van der Waals surface area contributed by atoms with E-state index >= 15 is 0 Å². The van der Waals surface area contributed by atoms with Gasteiger partial charge in [0.05, 0.1) is 12.7 Å². The standard InChI is InChI=1S/C14H26N2O/c15-12-6-4-11(5-7-12)10-16-8-9-17-14-3-1-2-13(14)16/h11-14H,1-10,15H2. The molecule has 0 amide bonds. The molecule has 2 aliphatic carbocycles. The quantitative estimate of drug-likeness (QED) is 0.796. The first kappa shape index (κ1) is 11.9. The number of hydrogen-bond acceptors (Lipinski definition) is 3. The number of nitrogens with two attached hydrogens (primary N) is 1. The van der Waals surface area contributed by atoms with E-state index in [4.69, 9.17) is 10.5 Å². The molecule has 0 bridgehead atoms. The summed E-state index contributed by atoms with van der Waals surface area (Å²) in [6.07, 6.45) is 9.72. The molecule has 2 atom stereocenters. The Bertz CT molecular complexity index is 251. The number of fused-ring (bicyclic) bond motifs is 1.